The first-order valence-corrected chi connectivity index (χ1v) is 5.97. The van der Waals surface area contributed by atoms with Crippen LogP contribution in [0.2, 0.25) is 0 Å². The quantitative estimate of drug-likeness (QED) is 0.766. The molecule has 1 fully saturated rings. The molecule has 1 aliphatic rings. The first-order chi connectivity index (χ1) is 8.19. The average Bonchev–Trinajstić information content (AvgIpc) is 2.77. The number of nitrogen functional groups attached to an aromatic ring is 1. The van der Waals surface area contributed by atoms with Gasteiger partial charge in [-0.25, -0.2) is 0 Å². The summed E-state index contributed by atoms with van der Waals surface area (Å²) in [7, 11) is 1.74. The maximum atomic E-state index is 10.1. The fraction of sp³-hybridized carbons (Fsp3) is 0.538. The third kappa shape index (κ3) is 3.19. The van der Waals surface area contributed by atoms with Crippen LogP contribution in [0.5, 0.6) is 0 Å². The van der Waals surface area contributed by atoms with Crippen molar-refractivity contribution >= 4 is 5.69 Å². The summed E-state index contributed by atoms with van der Waals surface area (Å²) in [6, 6.07) is 7.40. The van der Waals surface area contributed by atoms with E-state index in [9.17, 15) is 5.11 Å². The number of benzene rings is 1. The SMILES string of the molecule is COC1CCN(CC(O)c2ccc(N)cc2)C1. The molecule has 1 aromatic carbocycles. The molecule has 2 unspecified atom stereocenters. The molecule has 1 saturated heterocycles. The molecule has 17 heavy (non-hydrogen) atoms. The van der Waals surface area contributed by atoms with Gasteiger partial charge in [-0.15, -0.1) is 0 Å². The Balaban J connectivity index is 1.89. The predicted molar refractivity (Wildman–Crippen MR) is 67.7 cm³/mol. The van der Waals surface area contributed by atoms with Gasteiger partial charge >= 0.3 is 0 Å². The van der Waals surface area contributed by atoms with Gasteiger partial charge in [-0.2, -0.15) is 0 Å². The van der Waals surface area contributed by atoms with E-state index in [0.29, 0.717) is 12.6 Å². The zero-order valence-electron chi connectivity index (χ0n) is 10.2. The Morgan fingerprint density at radius 2 is 2.18 bits per heavy atom. The van der Waals surface area contributed by atoms with Gasteiger partial charge in [-0.3, -0.25) is 4.90 Å². The summed E-state index contributed by atoms with van der Waals surface area (Å²) in [6.45, 7) is 2.55. The molecule has 0 aliphatic carbocycles. The van der Waals surface area contributed by atoms with E-state index in [2.05, 4.69) is 4.90 Å². The zero-order chi connectivity index (χ0) is 12.3. The minimum absolute atomic E-state index is 0.314. The molecule has 0 aromatic heterocycles. The molecule has 1 aromatic rings. The second-order valence-electron chi connectivity index (χ2n) is 4.59. The molecule has 94 valence electrons. The molecule has 0 bridgehead atoms. The van der Waals surface area contributed by atoms with Gasteiger partial charge in [0, 0.05) is 32.4 Å². The van der Waals surface area contributed by atoms with Gasteiger partial charge < -0.3 is 15.6 Å². The molecule has 0 saturated carbocycles. The molecule has 4 heteroatoms. The van der Waals surface area contributed by atoms with Crippen LogP contribution in [0.4, 0.5) is 5.69 Å². The molecule has 1 aliphatic heterocycles. The normalized spacial score (nSPS) is 22.8. The third-order valence-corrected chi connectivity index (χ3v) is 3.31. The molecule has 1 heterocycles. The monoisotopic (exact) mass is 236 g/mol. The van der Waals surface area contributed by atoms with Gasteiger partial charge in [0.05, 0.1) is 12.2 Å². The van der Waals surface area contributed by atoms with E-state index < -0.39 is 6.10 Å². The number of nitrogens with two attached hydrogens (primary N) is 1. The Labute approximate surface area is 102 Å². The number of nitrogens with zero attached hydrogens (tertiary/aromatic N) is 1. The van der Waals surface area contributed by atoms with Crippen LogP contribution >= 0.6 is 0 Å². The average molecular weight is 236 g/mol. The molecule has 4 nitrogen and oxygen atoms in total. The standard InChI is InChI=1S/C13H20N2O2/c1-17-12-6-7-15(8-12)9-13(16)10-2-4-11(14)5-3-10/h2-5,12-13,16H,6-9,14H2,1H3. The fourth-order valence-electron chi connectivity index (χ4n) is 2.22. The number of anilines is 1. The Hall–Kier alpha value is -1.10. The van der Waals surface area contributed by atoms with E-state index in [1.807, 2.05) is 24.3 Å². The maximum absolute atomic E-state index is 10.1. The molecule has 3 N–H and O–H groups in total. The van der Waals surface area contributed by atoms with Crippen molar-refractivity contribution < 1.29 is 9.84 Å². The molecule has 2 rings (SSSR count). The van der Waals surface area contributed by atoms with Gasteiger partial charge in [-0.1, -0.05) is 12.1 Å². The first-order valence-electron chi connectivity index (χ1n) is 5.97. The highest BCUT2D eigenvalue weighted by molar-refractivity contribution is 5.39. The van der Waals surface area contributed by atoms with E-state index in [-0.39, 0.29) is 0 Å². The minimum atomic E-state index is -0.453. The largest absolute Gasteiger partial charge is 0.399 e. The Morgan fingerprint density at radius 3 is 2.76 bits per heavy atom. The zero-order valence-corrected chi connectivity index (χ0v) is 10.2. The van der Waals surface area contributed by atoms with Gasteiger partial charge in [0.2, 0.25) is 0 Å². The lowest BCUT2D eigenvalue weighted by atomic mass is 10.1. The lowest BCUT2D eigenvalue weighted by molar-refractivity contribution is 0.0898. The predicted octanol–water partition coefficient (Wildman–Crippen LogP) is 1.02. The summed E-state index contributed by atoms with van der Waals surface area (Å²) in [6.07, 6.45) is 0.908. The van der Waals surface area contributed by atoms with Crippen LogP contribution in [0, 0.1) is 0 Å². The van der Waals surface area contributed by atoms with Crippen LogP contribution < -0.4 is 5.73 Å². The van der Waals surface area contributed by atoms with Gasteiger partial charge in [0.15, 0.2) is 0 Å². The highest BCUT2D eigenvalue weighted by Crippen LogP contribution is 2.19. The number of aliphatic hydroxyl groups excluding tert-OH is 1. The van der Waals surface area contributed by atoms with Crippen molar-refractivity contribution in [3.05, 3.63) is 29.8 Å². The van der Waals surface area contributed by atoms with Crippen molar-refractivity contribution in [2.75, 3.05) is 32.5 Å². The number of aliphatic hydroxyl groups is 1. The molecule has 2 atom stereocenters. The van der Waals surface area contributed by atoms with Crippen LogP contribution in [0.25, 0.3) is 0 Å². The van der Waals surface area contributed by atoms with E-state index in [4.69, 9.17) is 10.5 Å². The fourth-order valence-corrected chi connectivity index (χ4v) is 2.22. The van der Waals surface area contributed by atoms with E-state index >= 15 is 0 Å². The smallest absolute Gasteiger partial charge is 0.0916 e. The third-order valence-electron chi connectivity index (χ3n) is 3.31. The second kappa shape index (κ2) is 5.49. The number of rotatable bonds is 4. The topological polar surface area (TPSA) is 58.7 Å². The molecule has 0 amide bonds. The van der Waals surface area contributed by atoms with Gasteiger partial charge in [0.25, 0.3) is 0 Å². The number of likely N-dealkylation sites (tertiary alicyclic amines) is 1. The van der Waals surface area contributed by atoms with Crippen molar-refractivity contribution in [1.29, 1.82) is 0 Å². The highest BCUT2D eigenvalue weighted by atomic mass is 16.5. The first kappa shape index (κ1) is 12.4. The Kier molecular flexibility index (Phi) is 3.99. The van der Waals surface area contributed by atoms with Crippen LogP contribution in [0.15, 0.2) is 24.3 Å². The van der Waals surface area contributed by atoms with Crippen LogP contribution in [0.3, 0.4) is 0 Å². The second-order valence-corrected chi connectivity index (χ2v) is 4.59. The molecule has 0 radical (unpaired) electrons. The van der Waals surface area contributed by atoms with Crippen LogP contribution in [-0.4, -0.2) is 42.9 Å². The summed E-state index contributed by atoms with van der Waals surface area (Å²) in [5.74, 6) is 0. The van der Waals surface area contributed by atoms with E-state index in [1.54, 1.807) is 7.11 Å². The number of hydrogen-bond acceptors (Lipinski definition) is 4. The Bertz CT molecular complexity index is 353. The summed E-state index contributed by atoms with van der Waals surface area (Å²) in [5, 5.41) is 10.1. The lowest BCUT2D eigenvalue weighted by Gasteiger charge is -2.20. The lowest BCUT2D eigenvalue weighted by Crippen LogP contribution is -2.27. The summed E-state index contributed by atoms with van der Waals surface area (Å²) < 4.78 is 5.30. The summed E-state index contributed by atoms with van der Waals surface area (Å²) >= 11 is 0. The van der Waals surface area contributed by atoms with Crippen molar-refractivity contribution in [2.24, 2.45) is 0 Å². The Morgan fingerprint density at radius 1 is 1.47 bits per heavy atom. The van der Waals surface area contributed by atoms with E-state index in [0.717, 1.165) is 30.8 Å². The summed E-state index contributed by atoms with van der Waals surface area (Å²) in [5.41, 5.74) is 7.26. The van der Waals surface area contributed by atoms with Gasteiger partial charge in [0.1, 0.15) is 0 Å². The number of β-amino-alcohol motifs (C(OH)–C–C–N with tert-alkyl or cyclic N) is 1. The van der Waals surface area contributed by atoms with Gasteiger partial charge in [-0.05, 0) is 24.1 Å². The van der Waals surface area contributed by atoms with Crippen molar-refractivity contribution in [1.82, 2.24) is 4.90 Å². The number of hydrogen-bond donors (Lipinski definition) is 2. The molecular formula is C13H20N2O2. The molecule has 0 spiro atoms. The highest BCUT2D eigenvalue weighted by Gasteiger charge is 2.24. The van der Waals surface area contributed by atoms with Crippen molar-refractivity contribution in [2.45, 2.75) is 18.6 Å². The minimum Gasteiger partial charge on any atom is -0.399 e. The van der Waals surface area contributed by atoms with E-state index in [1.165, 1.54) is 0 Å². The molecular weight excluding hydrogens is 216 g/mol. The van der Waals surface area contributed by atoms with Crippen LogP contribution in [0.1, 0.15) is 18.1 Å². The van der Waals surface area contributed by atoms with Crippen molar-refractivity contribution in [3.8, 4) is 0 Å². The van der Waals surface area contributed by atoms with Crippen molar-refractivity contribution in [3.63, 3.8) is 0 Å². The maximum Gasteiger partial charge on any atom is 0.0916 e. The van der Waals surface area contributed by atoms with Crippen LogP contribution in [-0.2, 0) is 4.74 Å². The number of ether oxygens (including phenoxy) is 1. The number of methoxy groups -OCH3 is 1. The summed E-state index contributed by atoms with van der Waals surface area (Å²) in [4.78, 5) is 2.23.